The van der Waals surface area contributed by atoms with E-state index in [2.05, 4.69) is 4.72 Å². The van der Waals surface area contributed by atoms with Crippen molar-refractivity contribution in [3.8, 4) is 0 Å². The lowest BCUT2D eigenvalue weighted by Gasteiger charge is -2.18. The summed E-state index contributed by atoms with van der Waals surface area (Å²) < 4.78 is 33.1. The molecule has 29 heavy (non-hydrogen) atoms. The van der Waals surface area contributed by atoms with E-state index in [0.717, 1.165) is 28.8 Å². The van der Waals surface area contributed by atoms with E-state index >= 15 is 0 Å². The smallest absolute Gasteiger partial charge is 0.242 e. The third-order valence-corrected chi connectivity index (χ3v) is 7.32. The first-order chi connectivity index (χ1) is 13.9. The molecule has 0 saturated heterocycles. The quantitative estimate of drug-likeness (QED) is 0.830. The largest absolute Gasteiger partial charge is 0.372 e. The summed E-state index contributed by atoms with van der Waals surface area (Å²) in [7, 11) is -3.81. The maximum absolute atomic E-state index is 12.8. The van der Waals surface area contributed by atoms with Crippen molar-refractivity contribution in [3.05, 3.63) is 58.7 Å². The Morgan fingerprint density at radius 3 is 2.86 bits per heavy atom. The van der Waals surface area contributed by atoms with Gasteiger partial charge in [-0.25, -0.2) is 13.1 Å². The van der Waals surface area contributed by atoms with Gasteiger partial charge in [0.2, 0.25) is 15.9 Å². The number of nitrogens with zero attached hydrogens (tertiary/aromatic N) is 1. The van der Waals surface area contributed by atoms with Gasteiger partial charge >= 0.3 is 0 Å². The van der Waals surface area contributed by atoms with Gasteiger partial charge in [-0.1, -0.05) is 18.2 Å². The molecule has 1 unspecified atom stereocenters. The fourth-order valence-electron chi connectivity index (χ4n) is 4.43. The molecular formula is C21H20N2O5S. The molecule has 8 heteroatoms. The molecule has 1 aliphatic carbocycles. The van der Waals surface area contributed by atoms with Crippen LogP contribution in [0.25, 0.3) is 0 Å². The Kier molecular flexibility index (Phi) is 4.31. The molecule has 3 aliphatic rings. The summed E-state index contributed by atoms with van der Waals surface area (Å²) in [5.41, 5.74) is 4.18. The zero-order chi connectivity index (χ0) is 20.2. The van der Waals surface area contributed by atoms with E-state index in [1.807, 2.05) is 12.1 Å². The van der Waals surface area contributed by atoms with Gasteiger partial charge in [0.05, 0.1) is 24.7 Å². The second kappa shape index (κ2) is 6.76. The number of sulfonamides is 1. The summed E-state index contributed by atoms with van der Waals surface area (Å²) in [4.78, 5) is 26.7. The minimum absolute atomic E-state index is 0.105. The highest BCUT2D eigenvalue weighted by Gasteiger charge is 2.38. The number of fused-ring (bicyclic) bond motifs is 1. The highest BCUT2D eigenvalue weighted by atomic mass is 32.2. The molecule has 150 valence electrons. The number of nitrogens with one attached hydrogen (secondary N) is 1. The fraction of sp³-hybridized carbons (Fsp3) is 0.333. The van der Waals surface area contributed by atoms with Crippen LogP contribution < -0.4 is 9.62 Å². The number of ketones is 1. The van der Waals surface area contributed by atoms with E-state index < -0.39 is 10.0 Å². The lowest BCUT2D eigenvalue weighted by atomic mass is 9.83. The van der Waals surface area contributed by atoms with Gasteiger partial charge in [0.15, 0.2) is 5.78 Å². The van der Waals surface area contributed by atoms with Crippen LogP contribution in [0.5, 0.6) is 0 Å². The van der Waals surface area contributed by atoms with Gasteiger partial charge in [-0.15, -0.1) is 0 Å². The number of amides is 1. The molecule has 2 heterocycles. The molecular weight excluding hydrogens is 392 g/mol. The van der Waals surface area contributed by atoms with Crippen LogP contribution in [0.4, 0.5) is 5.69 Å². The molecule has 1 atom stereocenters. The number of hydrogen-bond acceptors (Lipinski definition) is 5. The van der Waals surface area contributed by atoms with Crippen molar-refractivity contribution in [1.82, 2.24) is 4.72 Å². The molecule has 0 saturated carbocycles. The highest BCUT2D eigenvalue weighted by molar-refractivity contribution is 7.89. The predicted molar refractivity (Wildman–Crippen MR) is 105 cm³/mol. The molecule has 7 nitrogen and oxygen atoms in total. The van der Waals surface area contributed by atoms with Crippen molar-refractivity contribution in [2.75, 3.05) is 18.0 Å². The van der Waals surface area contributed by atoms with Crippen molar-refractivity contribution >= 4 is 27.4 Å². The normalized spacial score (nSPS) is 19.9. The Bertz CT molecular complexity index is 1140. The molecule has 2 aromatic rings. The Labute approximate surface area is 168 Å². The van der Waals surface area contributed by atoms with Crippen molar-refractivity contribution in [2.24, 2.45) is 0 Å². The summed E-state index contributed by atoms with van der Waals surface area (Å²) in [5.74, 6) is -0.0850. The van der Waals surface area contributed by atoms with E-state index in [-0.39, 0.29) is 29.0 Å². The molecule has 1 amide bonds. The lowest BCUT2D eigenvalue weighted by Crippen LogP contribution is -2.39. The number of carbonyl (C=O) groups is 2. The number of benzene rings is 2. The summed E-state index contributed by atoms with van der Waals surface area (Å²) in [6.07, 6.45) is 1.20. The number of carbonyl (C=O) groups excluding carboxylic acids is 2. The molecule has 2 aromatic carbocycles. The van der Waals surface area contributed by atoms with Gasteiger partial charge < -0.3 is 9.64 Å². The van der Waals surface area contributed by atoms with Crippen LogP contribution in [-0.2, 0) is 32.8 Å². The van der Waals surface area contributed by atoms with Gasteiger partial charge in [0.25, 0.3) is 0 Å². The zero-order valence-corrected chi connectivity index (χ0v) is 16.5. The van der Waals surface area contributed by atoms with Crippen LogP contribution in [0.2, 0.25) is 0 Å². The second-order valence-electron chi connectivity index (χ2n) is 7.65. The van der Waals surface area contributed by atoms with Crippen LogP contribution >= 0.6 is 0 Å². The summed E-state index contributed by atoms with van der Waals surface area (Å²) >= 11 is 0. The van der Waals surface area contributed by atoms with Crippen molar-refractivity contribution in [3.63, 3.8) is 0 Å². The van der Waals surface area contributed by atoms with E-state index in [1.54, 1.807) is 23.1 Å². The van der Waals surface area contributed by atoms with Crippen molar-refractivity contribution < 1.29 is 22.7 Å². The van der Waals surface area contributed by atoms with Crippen LogP contribution in [-0.4, -0.2) is 33.2 Å². The van der Waals surface area contributed by atoms with E-state index in [0.29, 0.717) is 31.7 Å². The SMILES string of the molecule is O=C1CCC2CN(C(=O)CNS(=O)(=O)c3ccc4c(c3)COC4)c3cccc1c32. The first kappa shape index (κ1) is 18.5. The molecule has 0 spiro atoms. The van der Waals surface area contributed by atoms with Gasteiger partial charge in [-0.2, -0.15) is 0 Å². The van der Waals surface area contributed by atoms with Crippen LogP contribution in [0.1, 0.15) is 45.8 Å². The van der Waals surface area contributed by atoms with Gasteiger partial charge in [0.1, 0.15) is 0 Å². The number of rotatable bonds is 4. The monoisotopic (exact) mass is 412 g/mol. The van der Waals surface area contributed by atoms with Crippen molar-refractivity contribution in [1.29, 1.82) is 0 Å². The minimum Gasteiger partial charge on any atom is -0.372 e. The van der Waals surface area contributed by atoms with Crippen LogP contribution in [0.3, 0.4) is 0 Å². The second-order valence-corrected chi connectivity index (χ2v) is 9.42. The van der Waals surface area contributed by atoms with Gasteiger partial charge in [-0.05, 0) is 41.3 Å². The average molecular weight is 412 g/mol. The zero-order valence-electron chi connectivity index (χ0n) is 15.7. The highest BCUT2D eigenvalue weighted by Crippen LogP contribution is 2.44. The standard InChI is InChI=1S/C21H20N2O5S/c24-19-7-5-13-10-23(18-3-1-2-17(19)21(13)18)20(25)9-22-29(26,27)16-6-4-14-11-28-12-15(14)8-16/h1-4,6,8,13,22H,5,7,9-12H2. The molecule has 1 N–H and O–H groups in total. The maximum Gasteiger partial charge on any atom is 0.242 e. The van der Waals surface area contributed by atoms with Crippen LogP contribution in [0.15, 0.2) is 41.3 Å². The third-order valence-electron chi connectivity index (χ3n) is 5.92. The maximum atomic E-state index is 12.8. The lowest BCUT2D eigenvalue weighted by molar-refractivity contribution is -0.117. The summed E-state index contributed by atoms with van der Waals surface area (Å²) in [6.45, 7) is 1.03. The topological polar surface area (TPSA) is 92.8 Å². The Morgan fingerprint density at radius 1 is 1.17 bits per heavy atom. The minimum atomic E-state index is -3.81. The first-order valence-electron chi connectivity index (χ1n) is 9.60. The van der Waals surface area contributed by atoms with Crippen LogP contribution in [0, 0.1) is 0 Å². The number of ether oxygens (including phenoxy) is 1. The molecule has 0 fully saturated rings. The Hall–Kier alpha value is -2.55. The fourth-order valence-corrected chi connectivity index (χ4v) is 5.46. The summed E-state index contributed by atoms with van der Waals surface area (Å²) in [6, 6.07) is 10.3. The summed E-state index contributed by atoms with van der Waals surface area (Å²) in [5, 5.41) is 0. The number of hydrogen-bond donors (Lipinski definition) is 1. The van der Waals surface area contributed by atoms with E-state index in [4.69, 9.17) is 4.74 Å². The van der Waals surface area contributed by atoms with Gasteiger partial charge in [-0.3, -0.25) is 9.59 Å². The first-order valence-corrected chi connectivity index (χ1v) is 11.1. The Morgan fingerprint density at radius 2 is 2.00 bits per heavy atom. The Balaban J connectivity index is 1.34. The average Bonchev–Trinajstić information content (AvgIpc) is 3.34. The van der Waals surface area contributed by atoms with E-state index in [9.17, 15) is 18.0 Å². The number of Topliss-reactive ketones (excluding diaryl/α,β-unsaturated/α-hetero) is 1. The molecule has 5 rings (SSSR count). The molecule has 2 aliphatic heterocycles. The predicted octanol–water partition coefficient (Wildman–Crippen LogP) is 2.10. The third kappa shape index (κ3) is 3.08. The molecule has 0 bridgehead atoms. The van der Waals surface area contributed by atoms with Gasteiger partial charge in [0, 0.05) is 30.1 Å². The number of anilines is 1. The van der Waals surface area contributed by atoms with Crippen molar-refractivity contribution in [2.45, 2.75) is 36.9 Å². The molecule has 0 radical (unpaired) electrons. The molecule has 0 aromatic heterocycles. The van der Waals surface area contributed by atoms with E-state index in [1.165, 1.54) is 6.07 Å².